The van der Waals surface area contributed by atoms with Gasteiger partial charge in [0.25, 0.3) is 0 Å². The van der Waals surface area contributed by atoms with Crippen molar-refractivity contribution in [1.82, 2.24) is 0 Å². The fraction of sp³-hybridized carbons (Fsp3) is 0.0625. The van der Waals surface area contributed by atoms with Crippen LogP contribution in [0.3, 0.4) is 0 Å². The van der Waals surface area contributed by atoms with Gasteiger partial charge in [-0.2, -0.15) is 0 Å². The van der Waals surface area contributed by atoms with Gasteiger partial charge in [0.1, 0.15) is 0 Å². The standard InChI is InChI=1S/C16H12I2OS/c1-20-14-7-3-12(4-8-14)16(19)9-5-11-2-6-13(17)10-15(11)18/h2-10H,1H3/b9-5+. The summed E-state index contributed by atoms with van der Waals surface area (Å²) < 4.78 is 2.35. The quantitative estimate of drug-likeness (QED) is 0.236. The van der Waals surface area contributed by atoms with Crippen molar-refractivity contribution in [2.24, 2.45) is 0 Å². The Morgan fingerprint density at radius 3 is 2.40 bits per heavy atom. The average Bonchev–Trinajstić information content (AvgIpc) is 2.46. The van der Waals surface area contributed by atoms with E-state index in [-0.39, 0.29) is 5.78 Å². The fourth-order valence-electron chi connectivity index (χ4n) is 1.65. The van der Waals surface area contributed by atoms with E-state index in [1.54, 1.807) is 17.8 Å². The smallest absolute Gasteiger partial charge is 0.185 e. The zero-order valence-corrected chi connectivity index (χ0v) is 15.9. The van der Waals surface area contributed by atoms with Gasteiger partial charge in [-0.05, 0) is 99.5 Å². The summed E-state index contributed by atoms with van der Waals surface area (Å²) in [5.41, 5.74) is 1.79. The van der Waals surface area contributed by atoms with Crippen LogP contribution in [0.25, 0.3) is 6.08 Å². The van der Waals surface area contributed by atoms with Crippen LogP contribution in [-0.2, 0) is 0 Å². The highest BCUT2D eigenvalue weighted by molar-refractivity contribution is 14.1. The van der Waals surface area contributed by atoms with Crippen molar-refractivity contribution in [3.63, 3.8) is 0 Å². The molecule has 0 saturated heterocycles. The van der Waals surface area contributed by atoms with Crippen LogP contribution in [0.1, 0.15) is 15.9 Å². The lowest BCUT2D eigenvalue weighted by Gasteiger charge is -2.00. The molecule has 0 aliphatic heterocycles. The highest BCUT2D eigenvalue weighted by atomic mass is 127. The molecule has 4 heteroatoms. The van der Waals surface area contributed by atoms with Crippen LogP contribution in [0.4, 0.5) is 0 Å². The fourth-order valence-corrected chi connectivity index (χ4v) is 3.84. The Hall–Kier alpha value is -0.340. The van der Waals surface area contributed by atoms with E-state index in [1.165, 1.54) is 3.57 Å². The number of carbonyl (C=O) groups is 1. The lowest BCUT2D eigenvalue weighted by Crippen LogP contribution is -1.93. The molecule has 20 heavy (non-hydrogen) atoms. The van der Waals surface area contributed by atoms with Gasteiger partial charge in [-0.25, -0.2) is 0 Å². The highest BCUT2D eigenvalue weighted by Gasteiger charge is 2.02. The molecular weight excluding hydrogens is 494 g/mol. The van der Waals surface area contributed by atoms with Crippen LogP contribution in [0.2, 0.25) is 0 Å². The number of ketones is 1. The molecule has 0 bridgehead atoms. The molecule has 0 saturated carbocycles. The molecular formula is C16H12I2OS. The molecule has 0 fully saturated rings. The Bertz CT molecular complexity index is 648. The second-order valence-electron chi connectivity index (χ2n) is 4.09. The molecule has 102 valence electrons. The maximum atomic E-state index is 12.1. The summed E-state index contributed by atoms with van der Waals surface area (Å²) in [5, 5.41) is 0. The number of carbonyl (C=O) groups excluding carboxylic acids is 1. The van der Waals surface area contributed by atoms with Crippen molar-refractivity contribution in [3.8, 4) is 0 Å². The molecule has 0 radical (unpaired) electrons. The molecule has 0 aromatic heterocycles. The van der Waals surface area contributed by atoms with Crippen LogP contribution in [0.15, 0.2) is 53.4 Å². The molecule has 2 aromatic rings. The molecule has 0 aliphatic rings. The number of hydrogen-bond acceptors (Lipinski definition) is 2. The Morgan fingerprint density at radius 1 is 1.10 bits per heavy atom. The zero-order valence-electron chi connectivity index (χ0n) is 10.8. The van der Waals surface area contributed by atoms with Gasteiger partial charge in [0.15, 0.2) is 5.78 Å². The molecule has 2 aromatic carbocycles. The van der Waals surface area contributed by atoms with Crippen molar-refractivity contribution in [1.29, 1.82) is 0 Å². The zero-order chi connectivity index (χ0) is 14.5. The lowest BCUT2D eigenvalue weighted by molar-refractivity contribution is 0.104. The Kier molecular flexibility index (Phi) is 6.10. The van der Waals surface area contributed by atoms with Gasteiger partial charge < -0.3 is 0 Å². The Balaban J connectivity index is 2.15. The third-order valence-corrected chi connectivity index (χ3v) is 5.10. The van der Waals surface area contributed by atoms with Crippen LogP contribution in [-0.4, -0.2) is 12.0 Å². The minimum atomic E-state index is 0.0343. The summed E-state index contributed by atoms with van der Waals surface area (Å²) in [6.07, 6.45) is 5.54. The van der Waals surface area contributed by atoms with Gasteiger partial charge in [-0.1, -0.05) is 12.1 Å². The maximum absolute atomic E-state index is 12.1. The van der Waals surface area contributed by atoms with E-state index >= 15 is 0 Å². The van der Waals surface area contributed by atoms with Gasteiger partial charge in [0.05, 0.1) is 0 Å². The molecule has 0 N–H and O–H groups in total. The number of halogens is 2. The maximum Gasteiger partial charge on any atom is 0.185 e. The molecule has 2 rings (SSSR count). The van der Waals surface area contributed by atoms with Crippen molar-refractivity contribution >= 4 is 68.8 Å². The van der Waals surface area contributed by atoms with E-state index in [1.807, 2.05) is 48.7 Å². The number of allylic oxidation sites excluding steroid dienone is 1. The summed E-state index contributed by atoms with van der Waals surface area (Å²) in [6.45, 7) is 0. The lowest BCUT2D eigenvalue weighted by atomic mass is 10.1. The largest absolute Gasteiger partial charge is 0.289 e. The first kappa shape index (κ1) is 16.0. The SMILES string of the molecule is CSc1ccc(C(=O)/C=C/c2ccc(I)cc2I)cc1. The van der Waals surface area contributed by atoms with E-state index in [0.717, 1.165) is 19.6 Å². The van der Waals surface area contributed by atoms with Crippen LogP contribution < -0.4 is 0 Å². The van der Waals surface area contributed by atoms with Gasteiger partial charge in [0, 0.05) is 17.6 Å². The minimum absolute atomic E-state index is 0.0343. The van der Waals surface area contributed by atoms with Crippen LogP contribution in [0.5, 0.6) is 0 Å². The third-order valence-electron chi connectivity index (χ3n) is 2.75. The monoisotopic (exact) mass is 506 g/mol. The van der Waals surface area contributed by atoms with Gasteiger partial charge in [-0.15, -0.1) is 11.8 Å². The number of benzene rings is 2. The number of rotatable bonds is 4. The molecule has 0 amide bonds. The Labute approximate surface area is 150 Å². The van der Waals surface area contributed by atoms with Gasteiger partial charge >= 0.3 is 0 Å². The second kappa shape index (κ2) is 7.61. The van der Waals surface area contributed by atoms with Crippen molar-refractivity contribution < 1.29 is 4.79 Å². The van der Waals surface area contributed by atoms with E-state index in [9.17, 15) is 4.79 Å². The van der Waals surface area contributed by atoms with Crippen LogP contribution in [0, 0.1) is 7.14 Å². The molecule has 0 atom stereocenters. The molecule has 0 aliphatic carbocycles. The van der Waals surface area contributed by atoms with E-state index < -0.39 is 0 Å². The minimum Gasteiger partial charge on any atom is -0.289 e. The highest BCUT2D eigenvalue weighted by Crippen LogP contribution is 2.18. The first-order chi connectivity index (χ1) is 9.60. The van der Waals surface area contributed by atoms with Gasteiger partial charge in [0.2, 0.25) is 0 Å². The number of hydrogen-bond donors (Lipinski definition) is 0. The van der Waals surface area contributed by atoms with Crippen molar-refractivity contribution in [3.05, 3.63) is 66.8 Å². The molecule has 0 unspecified atom stereocenters. The third kappa shape index (κ3) is 4.33. The topological polar surface area (TPSA) is 17.1 Å². The van der Waals surface area contributed by atoms with Crippen molar-refractivity contribution in [2.75, 3.05) is 6.26 Å². The normalized spacial score (nSPS) is 10.9. The second-order valence-corrected chi connectivity index (χ2v) is 7.38. The van der Waals surface area contributed by atoms with E-state index in [2.05, 4.69) is 51.2 Å². The first-order valence-corrected chi connectivity index (χ1v) is 9.30. The summed E-state index contributed by atoms with van der Waals surface area (Å²) in [7, 11) is 0. The molecule has 1 nitrogen and oxygen atoms in total. The summed E-state index contributed by atoms with van der Waals surface area (Å²) >= 11 is 6.24. The average molecular weight is 506 g/mol. The van der Waals surface area contributed by atoms with Gasteiger partial charge in [-0.3, -0.25) is 4.79 Å². The predicted octanol–water partition coefficient (Wildman–Crippen LogP) is 5.51. The Morgan fingerprint density at radius 2 is 1.80 bits per heavy atom. The predicted molar refractivity (Wildman–Crippen MR) is 103 cm³/mol. The van der Waals surface area contributed by atoms with Crippen molar-refractivity contribution in [2.45, 2.75) is 4.90 Å². The summed E-state index contributed by atoms with van der Waals surface area (Å²) in [4.78, 5) is 13.3. The summed E-state index contributed by atoms with van der Waals surface area (Å²) in [5.74, 6) is 0.0343. The summed E-state index contributed by atoms with van der Waals surface area (Å²) in [6, 6.07) is 13.9. The first-order valence-electron chi connectivity index (χ1n) is 5.91. The molecule has 0 heterocycles. The van der Waals surface area contributed by atoms with E-state index in [0.29, 0.717) is 0 Å². The number of thioether (sulfide) groups is 1. The van der Waals surface area contributed by atoms with Crippen LogP contribution >= 0.6 is 56.9 Å². The van der Waals surface area contributed by atoms with E-state index in [4.69, 9.17) is 0 Å². The molecule has 0 spiro atoms.